The van der Waals surface area contributed by atoms with Crippen molar-refractivity contribution < 1.29 is 18.0 Å². The Hall–Kier alpha value is -2.61. The number of aryl methyl sites for hydroxylation is 1. The first-order valence-corrected chi connectivity index (χ1v) is 10.9. The highest BCUT2D eigenvalue weighted by atomic mass is 19.4. The van der Waals surface area contributed by atoms with Crippen LogP contribution in [-0.2, 0) is 12.6 Å². The summed E-state index contributed by atoms with van der Waals surface area (Å²) in [4.78, 5) is 20.2. The van der Waals surface area contributed by atoms with Crippen molar-refractivity contribution in [1.82, 2.24) is 15.2 Å². The van der Waals surface area contributed by atoms with Gasteiger partial charge < -0.3 is 10.2 Å². The van der Waals surface area contributed by atoms with E-state index in [0.29, 0.717) is 17.8 Å². The number of pyridine rings is 1. The van der Waals surface area contributed by atoms with Crippen molar-refractivity contribution in [2.75, 3.05) is 25.5 Å². The predicted molar refractivity (Wildman–Crippen MR) is 118 cm³/mol. The Balaban J connectivity index is 1.51. The van der Waals surface area contributed by atoms with Gasteiger partial charge in [0.15, 0.2) is 0 Å². The second-order valence-corrected chi connectivity index (χ2v) is 9.43. The highest BCUT2D eigenvalue weighted by molar-refractivity contribution is 5.95. The molecule has 0 radical (unpaired) electrons. The van der Waals surface area contributed by atoms with Crippen LogP contribution in [0.1, 0.15) is 42.5 Å². The average molecular weight is 447 g/mol. The van der Waals surface area contributed by atoms with Gasteiger partial charge in [-0.05, 0) is 70.3 Å². The van der Waals surface area contributed by atoms with Crippen molar-refractivity contribution in [1.29, 1.82) is 0 Å². The van der Waals surface area contributed by atoms with Crippen LogP contribution in [0.15, 0.2) is 42.6 Å². The second-order valence-electron chi connectivity index (χ2n) is 9.43. The molecule has 5 nitrogen and oxygen atoms in total. The Morgan fingerprint density at radius 2 is 1.78 bits per heavy atom. The minimum atomic E-state index is -4.50. The molecular formula is C24H29F3N4O. The molecule has 1 spiro atoms. The molecule has 4 rings (SSSR count). The van der Waals surface area contributed by atoms with Gasteiger partial charge in [-0.15, -0.1) is 0 Å². The molecule has 32 heavy (non-hydrogen) atoms. The number of carbonyl (C=O) groups excluding carboxylic acids is 1. The SMILES string of the molecule is Cc1cc(C(F)(F)F)ncc1N1C[C@]2(CC[C@@](Cc3ccccc3)(N(C)C)CC2)NC1=O. The van der Waals surface area contributed by atoms with E-state index in [9.17, 15) is 18.0 Å². The summed E-state index contributed by atoms with van der Waals surface area (Å²) in [6, 6.07) is 11.2. The van der Waals surface area contributed by atoms with E-state index in [1.807, 2.05) is 6.07 Å². The Kier molecular flexibility index (Phi) is 5.69. The highest BCUT2D eigenvalue weighted by Crippen LogP contribution is 2.43. The number of nitrogens with zero attached hydrogens (tertiary/aromatic N) is 3. The molecule has 1 aliphatic carbocycles. The fourth-order valence-corrected chi connectivity index (χ4v) is 5.12. The number of benzene rings is 1. The summed E-state index contributed by atoms with van der Waals surface area (Å²) in [5.74, 6) is 0. The summed E-state index contributed by atoms with van der Waals surface area (Å²) in [6.07, 6.45) is 1.08. The van der Waals surface area contributed by atoms with E-state index in [1.54, 1.807) is 11.8 Å². The lowest BCUT2D eigenvalue weighted by Gasteiger charge is -2.48. The number of rotatable bonds is 4. The first-order valence-electron chi connectivity index (χ1n) is 10.9. The van der Waals surface area contributed by atoms with E-state index < -0.39 is 11.9 Å². The van der Waals surface area contributed by atoms with Crippen LogP contribution < -0.4 is 10.2 Å². The molecule has 8 heteroatoms. The van der Waals surface area contributed by atoms with E-state index in [4.69, 9.17) is 0 Å². The number of carbonyl (C=O) groups is 1. The predicted octanol–water partition coefficient (Wildman–Crippen LogP) is 4.79. The molecule has 172 valence electrons. The van der Waals surface area contributed by atoms with Gasteiger partial charge in [-0.25, -0.2) is 9.78 Å². The molecule has 2 aromatic rings. The molecule has 2 heterocycles. The van der Waals surface area contributed by atoms with Crippen LogP contribution in [-0.4, -0.2) is 47.6 Å². The summed E-state index contributed by atoms with van der Waals surface area (Å²) < 4.78 is 38.9. The number of alkyl halides is 3. The van der Waals surface area contributed by atoms with E-state index in [0.717, 1.165) is 38.2 Å². The number of hydrogen-bond donors (Lipinski definition) is 1. The lowest BCUT2D eigenvalue weighted by atomic mass is 9.69. The maximum atomic E-state index is 13.0. The molecule has 1 N–H and O–H groups in total. The maximum Gasteiger partial charge on any atom is 0.433 e. The van der Waals surface area contributed by atoms with Crippen molar-refractivity contribution in [2.24, 2.45) is 0 Å². The van der Waals surface area contributed by atoms with Gasteiger partial charge in [-0.2, -0.15) is 13.2 Å². The van der Waals surface area contributed by atoms with Crippen LogP contribution in [0.25, 0.3) is 0 Å². The number of anilines is 1. The lowest BCUT2D eigenvalue weighted by molar-refractivity contribution is -0.141. The first kappa shape index (κ1) is 22.6. The molecule has 1 aromatic carbocycles. The van der Waals surface area contributed by atoms with Gasteiger partial charge in [0.05, 0.1) is 24.0 Å². The van der Waals surface area contributed by atoms with E-state index in [2.05, 4.69) is 53.6 Å². The minimum absolute atomic E-state index is 0.0105. The van der Waals surface area contributed by atoms with Crippen LogP contribution >= 0.6 is 0 Å². The number of amides is 2. The van der Waals surface area contributed by atoms with Gasteiger partial charge in [0.1, 0.15) is 5.69 Å². The van der Waals surface area contributed by atoms with Crippen LogP contribution in [0.3, 0.4) is 0 Å². The summed E-state index contributed by atoms with van der Waals surface area (Å²) in [6.45, 7) is 2.02. The van der Waals surface area contributed by atoms with E-state index in [1.165, 1.54) is 11.8 Å². The molecule has 0 bridgehead atoms. The number of urea groups is 1. The van der Waals surface area contributed by atoms with Gasteiger partial charge in [0.25, 0.3) is 0 Å². The molecule has 1 aliphatic heterocycles. The summed E-state index contributed by atoms with van der Waals surface area (Å²) >= 11 is 0. The Labute approximate surface area is 186 Å². The van der Waals surface area contributed by atoms with Gasteiger partial charge in [0, 0.05) is 5.54 Å². The zero-order valence-electron chi connectivity index (χ0n) is 18.7. The lowest BCUT2D eigenvalue weighted by Crippen LogP contribution is -2.56. The molecule has 0 unspecified atom stereocenters. The molecule has 2 fully saturated rings. The largest absolute Gasteiger partial charge is 0.433 e. The van der Waals surface area contributed by atoms with Crippen molar-refractivity contribution in [3.8, 4) is 0 Å². The average Bonchev–Trinajstić information content (AvgIpc) is 3.05. The van der Waals surface area contributed by atoms with E-state index >= 15 is 0 Å². The first-order chi connectivity index (χ1) is 15.0. The molecule has 2 aliphatic rings. The zero-order chi connectivity index (χ0) is 23.1. The number of aromatic nitrogens is 1. The topological polar surface area (TPSA) is 48.5 Å². The third-order valence-electron chi connectivity index (χ3n) is 7.20. The van der Waals surface area contributed by atoms with Crippen molar-refractivity contribution in [3.63, 3.8) is 0 Å². The summed E-state index contributed by atoms with van der Waals surface area (Å²) in [5.41, 5.74) is 0.810. The molecule has 1 aromatic heterocycles. The Morgan fingerprint density at radius 3 is 2.34 bits per heavy atom. The molecular weight excluding hydrogens is 417 g/mol. The molecule has 0 atom stereocenters. The minimum Gasteiger partial charge on any atom is -0.330 e. The third kappa shape index (κ3) is 4.20. The van der Waals surface area contributed by atoms with Crippen molar-refractivity contribution >= 4 is 11.7 Å². The number of halogens is 3. The smallest absolute Gasteiger partial charge is 0.330 e. The zero-order valence-corrected chi connectivity index (χ0v) is 18.7. The second kappa shape index (κ2) is 8.06. The highest BCUT2D eigenvalue weighted by Gasteiger charge is 2.50. The number of hydrogen-bond acceptors (Lipinski definition) is 3. The van der Waals surface area contributed by atoms with Crippen molar-refractivity contribution in [3.05, 3.63) is 59.4 Å². The van der Waals surface area contributed by atoms with Crippen LogP contribution in [0.5, 0.6) is 0 Å². The monoisotopic (exact) mass is 446 g/mol. The quantitative estimate of drug-likeness (QED) is 0.734. The maximum absolute atomic E-state index is 13.0. The van der Waals surface area contributed by atoms with Crippen LogP contribution in [0.4, 0.5) is 23.7 Å². The van der Waals surface area contributed by atoms with Crippen LogP contribution in [0, 0.1) is 6.92 Å². The van der Waals surface area contributed by atoms with Crippen molar-refractivity contribution in [2.45, 2.75) is 56.3 Å². The fraction of sp³-hybridized carbons (Fsp3) is 0.500. The Bertz CT molecular complexity index is 982. The summed E-state index contributed by atoms with van der Waals surface area (Å²) in [7, 11) is 4.22. The number of nitrogens with one attached hydrogen (secondary N) is 1. The third-order valence-corrected chi connectivity index (χ3v) is 7.20. The molecule has 2 amide bonds. The van der Waals surface area contributed by atoms with Gasteiger partial charge in [0.2, 0.25) is 0 Å². The fourth-order valence-electron chi connectivity index (χ4n) is 5.12. The Morgan fingerprint density at radius 1 is 1.12 bits per heavy atom. The van der Waals surface area contributed by atoms with Gasteiger partial charge in [-0.1, -0.05) is 30.3 Å². The molecule has 1 saturated heterocycles. The van der Waals surface area contributed by atoms with Gasteiger partial charge >= 0.3 is 12.2 Å². The molecule has 1 saturated carbocycles. The normalized spacial score (nSPS) is 26.1. The van der Waals surface area contributed by atoms with Gasteiger partial charge in [-0.3, -0.25) is 4.90 Å². The standard InChI is InChI=1S/C24H29F3N4O/c1-17-13-20(24(25,26)27)28-15-19(17)31-16-22(29-21(31)32)9-11-23(12-10-22,30(2)3)14-18-7-5-4-6-8-18/h4-8,13,15H,9-12,14,16H2,1-3H3,(H,29,32)/t22-,23-. The van der Waals surface area contributed by atoms with E-state index in [-0.39, 0.29) is 17.1 Å². The number of likely N-dealkylation sites (N-methyl/N-ethyl adjacent to an activating group) is 1. The summed E-state index contributed by atoms with van der Waals surface area (Å²) in [5, 5.41) is 3.15. The van der Waals surface area contributed by atoms with Crippen LogP contribution in [0.2, 0.25) is 0 Å².